The molecule has 0 aliphatic carbocycles. The SMILES string of the molecule is O=c1nc2nc[nH]n2c(O)c1Oc1ccc(F)cc1. The van der Waals surface area contributed by atoms with Crippen LogP contribution in [0.3, 0.4) is 0 Å². The Balaban J connectivity index is 2.09. The third kappa shape index (κ3) is 1.88. The van der Waals surface area contributed by atoms with Crippen LogP contribution in [0.1, 0.15) is 0 Å². The first-order valence-corrected chi connectivity index (χ1v) is 5.23. The number of halogens is 1. The van der Waals surface area contributed by atoms with E-state index >= 15 is 0 Å². The second kappa shape index (κ2) is 4.09. The van der Waals surface area contributed by atoms with E-state index in [1.807, 2.05) is 0 Å². The van der Waals surface area contributed by atoms with Crippen LogP contribution >= 0.6 is 0 Å². The summed E-state index contributed by atoms with van der Waals surface area (Å²) in [6, 6.07) is 5.00. The first kappa shape index (κ1) is 11.2. The van der Waals surface area contributed by atoms with Gasteiger partial charge in [0.05, 0.1) is 0 Å². The van der Waals surface area contributed by atoms with Crippen molar-refractivity contribution in [3.8, 4) is 17.4 Å². The summed E-state index contributed by atoms with van der Waals surface area (Å²) in [7, 11) is 0. The van der Waals surface area contributed by atoms with Crippen molar-refractivity contribution in [2.75, 3.05) is 0 Å². The molecule has 0 aliphatic rings. The first-order valence-electron chi connectivity index (χ1n) is 5.23. The molecular weight excluding hydrogens is 255 g/mol. The number of H-pyrrole nitrogens is 1. The molecule has 0 atom stereocenters. The largest absolute Gasteiger partial charge is 0.490 e. The Kier molecular flexibility index (Phi) is 2.41. The van der Waals surface area contributed by atoms with Crippen LogP contribution in [0.4, 0.5) is 4.39 Å². The monoisotopic (exact) mass is 262 g/mol. The smallest absolute Gasteiger partial charge is 0.321 e. The van der Waals surface area contributed by atoms with E-state index < -0.39 is 17.3 Å². The van der Waals surface area contributed by atoms with Crippen LogP contribution in [0.15, 0.2) is 35.4 Å². The van der Waals surface area contributed by atoms with Crippen molar-refractivity contribution in [2.45, 2.75) is 0 Å². The maximum atomic E-state index is 12.8. The molecule has 2 N–H and O–H groups in total. The normalized spacial score (nSPS) is 10.8. The molecule has 2 aromatic heterocycles. The maximum absolute atomic E-state index is 12.8. The maximum Gasteiger partial charge on any atom is 0.321 e. The summed E-state index contributed by atoms with van der Waals surface area (Å²) in [4.78, 5) is 19.0. The number of ether oxygens (including phenoxy) is 1. The van der Waals surface area contributed by atoms with Crippen molar-refractivity contribution in [2.24, 2.45) is 0 Å². The number of fused-ring (bicyclic) bond motifs is 1. The van der Waals surface area contributed by atoms with Gasteiger partial charge in [-0.05, 0) is 24.3 Å². The second-order valence-electron chi connectivity index (χ2n) is 3.65. The Morgan fingerprint density at radius 3 is 2.79 bits per heavy atom. The molecule has 0 spiro atoms. The minimum Gasteiger partial charge on any atom is -0.490 e. The molecular formula is C11H7FN4O3. The van der Waals surface area contributed by atoms with Gasteiger partial charge >= 0.3 is 5.56 Å². The Labute approximate surface area is 104 Å². The number of aromatic nitrogens is 4. The van der Waals surface area contributed by atoms with Gasteiger partial charge in [-0.15, -0.1) is 0 Å². The highest BCUT2D eigenvalue weighted by molar-refractivity contribution is 5.41. The van der Waals surface area contributed by atoms with Gasteiger partial charge in [0, 0.05) is 0 Å². The van der Waals surface area contributed by atoms with E-state index in [1.165, 1.54) is 30.6 Å². The van der Waals surface area contributed by atoms with Gasteiger partial charge in [-0.2, -0.15) is 9.50 Å². The van der Waals surface area contributed by atoms with Crippen LogP contribution in [0.2, 0.25) is 0 Å². The number of hydrogen-bond acceptors (Lipinski definition) is 5. The summed E-state index contributed by atoms with van der Waals surface area (Å²) >= 11 is 0. The molecule has 0 bridgehead atoms. The summed E-state index contributed by atoms with van der Waals surface area (Å²) in [6.45, 7) is 0. The quantitative estimate of drug-likeness (QED) is 0.720. The molecule has 2 heterocycles. The van der Waals surface area contributed by atoms with Gasteiger partial charge in [-0.25, -0.2) is 9.37 Å². The van der Waals surface area contributed by atoms with Crippen LogP contribution in [-0.4, -0.2) is 24.7 Å². The van der Waals surface area contributed by atoms with Gasteiger partial charge in [-0.3, -0.25) is 9.89 Å². The molecule has 0 fully saturated rings. The molecule has 3 rings (SSSR count). The fourth-order valence-electron chi connectivity index (χ4n) is 1.54. The van der Waals surface area contributed by atoms with Crippen molar-refractivity contribution < 1.29 is 14.2 Å². The number of benzene rings is 1. The van der Waals surface area contributed by atoms with Crippen LogP contribution in [0, 0.1) is 5.82 Å². The molecule has 7 nitrogen and oxygen atoms in total. The molecule has 19 heavy (non-hydrogen) atoms. The Bertz CT molecular complexity index is 794. The number of hydrogen-bond donors (Lipinski definition) is 2. The van der Waals surface area contributed by atoms with Crippen molar-refractivity contribution in [3.05, 3.63) is 46.8 Å². The fraction of sp³-hybridized carbons (Fsp3) is 0. The van der Waals surface area contributed by atoms with Crippen molar-refractivity contribution in [3.63, 3.8) is 0 Å². The lowest BCUT2D eigenvalue weighted by atomic mass is 10.3. The molecule has 0 aliphatic heterocycles. The van der Waals surface area contributed by atoms with E-state index in [0.717, 1.165) is 4.52 Å². The van der Waals surface area contributed by atoms with E-state index in [0.29, 0.717) is 0 Å². The van der Waals surface area contributed by atoms with Crippen molar-refractivity contribution >= 4 is 5.78 Å². The lowest BCUT2D eigenvalue weighted by Gasteiger charge is -2.06. The zero-order valence-corrected chi connectivity index (χ0v) is 9.37. The summed E-state index contributed by atoms with van der Waals surface area (Å²) in [5.74, 6) is -1.04. The van der Waals surface area contributed by atoms with E-state index in [2.05, 4.69) is 15.1 Å². The Morgan fingerprint density at radius 1 is 1.32 bits per heavy atom. The highest BCUT2D eigenvalue weighted by Crippen LogP contribution is 2.26. The average molecular weight is 262 g/mol. The minimum absolute atomic E-state index is 0.0222. The van der Waals surface area contributed by atoms with E-state index in [9.17, 15) is 14.3 Å². The second-order valence-corrected chi connectivity index (χ2v) is 3.65. The minimum atomic E-state index is -0.770. The molecule has 3 aromatic rings. The number of aromatic amines is 1. The number of nitrogens with one attached hydrogen (secondary N) is 1. The van der Waals surface area contributed by atoms with Gasteiger partial charge in [0.15, 0.2) is 0 Å². The lowest BCUT2D eigenvalue weighted by molar-refractivity contribution is 0.378. The van der Waals surface area contributed by atoms with Crippen molar-refractivity contribution in [1.29, 1.82) is 0 Å². The predicted molar refractivity (Wildman–Crippen MR) is 61.7 cm³/mol. The summed E-state index contributed by atoms with van der Waals surface area (Å²) in [5.41, 5.74) is -0.770. The van der Waals surface area contributed by atoms with Crippen LogP contribution in [0.5, 0.6) is 17.4 Å². The topological polar surface area (TPSA) is 92.5 Å². The molecule has 0 saturated carbocycles. The van der Waals surface area contributed by atoms with Gasteiger partial charge in [0.25, 0.3) is 17.4 Å². The summed E-state index contributed by atoms with van der Waals surface area (Å²) in [6.07, 6.45) is 1.27. The Hall–Kier alpha value is -2.90. The average Bonchev–Trinajstić information content (AvgIpc) is 2.85. The summed E-state index contributed by atoms with van der Waals surface area (Å²) < 4.78 is 19.0. The van der Waals surface area contributed by atoms with E-state index in [1.54, 1.807) is 0 Å². The summed E-state index contributed by atoms with van der Waals surface area (Å²) in [5, 5.41) is 12.5. The predicted octanol–water partition coefficient (Wildman–Crippen LogP) is 1.05. The lowest BCUT2D eigenvalue weighted by Crippen LogP contribution is -2.12. The third-order valence-electron chi connectivity index (χ3n) is 2.41. The first-order chi connectivity index (χ1) is 9.15. The fourth-order valence-corrected chi connectivity index (χ4v) is 1.54. The van der Waals surface area contributed by atoms with Gasteiger partial charge < -0.3 is 9.84 Å². The Morgan fingerprint density at radius 2 is 2.05 bits per heavy atom. The number of nitrogens with zero attached hydrogens (tertiary/aromatic N) is 3. The molecule has 0 amide bonds. The van der Waals surface area contributed by atoms with Crippen LogP contribution in [-0.2, 0) is 0 Å². The van der Waals surface area contributed by atoms with Crippen LogP contribution in [0.25, 0.3) is 5.78 Å². The highest BCUT2D eigenvalue weighted by atomic mass is 19.1. The van der Waals surface area contributed by atoms with Gasteiger partial charge in [0.2, 0.25) is 0 Å². The molecule has 96 valence electrons. The molecule has 0 unspecified atom stereocenters. The van der Waals surface area contributed by atoms with Gasteiger partial charge in [-0.1, -0.05) is 0 Å². The third-order valence-corrected chi connectivity index (χ3v) is 2.41. The zero-order chi connectivity index (χ0) is 13.4. The van der Waals surface area contributed by atoms with E-state index in [4.69, 9.17) is 4.74 Å². The van der Waals surface area contributed by atoms with Crippen LogP contribution < -0.4 is 10.3 Å². The zero-order valence-electron chi connectivity index (χ0n) is 9.37. The highest BCUT2D eigenvalue weighted by Gasteiger charge is 2.16. The van der Waals surface area contributed by atoms with Crippen molar-refractivity contribution in [1.82, 2.24) is 19.6 Å². The van der Waals surface area contributed by atoms with E-state index in [-0.39, 0.29) is 17.3 Å². The molecule has 0 radical (unpaired) electrons. The molecule has 1 aromatic carbocycles. The standard InChI is InChI=1S/C11H7FN4O3/c12-6-1-3-7(4-2-6)19-8-9(17)15-11-13-5-14-16(11)10(8)18/h1-5,18H,(H,13,14,15,17). The molecule has 0 saturated heterocycles. The molecule has 8 heteroatoms. The number of aromatic hydroxyl groups is 1. The number of rotatable bonds is 2. The van der Waals surface area contributed by atoms with Gasteiger partial charge in [0.1, 0.15) is 17.9 Å².